The van der Waals surface area contributed by atoms with Crippen molar-refractivity contribution in [2.45, 2.75) is 13.0 Å². The van der Waals surface area contributed by atoms with E-state index >= 15 is 0 Å². The molecule has 0 bridgehead atoms. The normalized spacial score (nSPS) is 13.8. The van der Waals surface area contributed by atoms with E-state index < -0.39 is 39.5 Å². The second-order valence-electron chi connectivity index (χ2n) is 8.03. The molecule has 0 radical (unpaired) electrons. The van der Waals surface area contributed by atoms with E-state index in [1.165, 1.54) is 32.4 Å². The van der Waals surface area contributed by atoms with Crippen LogP contribution in [0.1, 0.15) is 39.2 Å². The fourth-order valence-corrected chi connectivity index (χ4v) is 4.81. The van der Waals surface area contributed by atoms with E-state index in [2.05, 4.69) is 10.6 Å². The number of hydrogen-bond donors (Lipinski definition) is 2. The van der Waals surface area contributed by atoms with Gasteiger partial charge in [-0.3, -0.25) is 14.5 Å². The summed E-state index contributed by atoms with van der Waals surface area (Å²) in [5.41, 5.74) is 0.560. The highest BCUT2D eigenvalue weighted by atomic mass is 32.2. The molecule has 1 heterocycles. The van der Waals surface area contributed by atoms with Crippen molar-refractivity contribution < 1.29 is 37.0 Å². The molecule has 1 aliphatic heterocycles. The fourth-order valence-electron chi connectivity index (χ4n) is 3.90. The largest absolute Gasteiger partial charge is 0.493 e. The van der Waals surface area contributed by atoms with E-state index in [1.807, 2.05) is 0 Å². The lowest BCUT2D eigenvalue weighted by atomic mass is 10.1. The molecule has 3 rings (SSSR count). The van der Waals surface area contributed by atoms with Crippen molar-refractivity contribution in [2.75, 3.05) is 51.3 Å². The molecule has 1 unspecified atom stereocenters. The number of carbonyl (C=O) groups is 3. The Labute approximate surface area is 209 Å². The summed E-state index contributed by atoms with van der Waals surface area (Å²) in [5, 5.41) is 5.16. The molecule has 2 aromatic carbocycles. The van der Waals surface area contributed by atoms with Crippen molar-refractivity contribution >= 4 is 33.4 Å². The maximum absolute atomic E-state index is 13.6. The summed E-state index contributed by atoms with van der Waals surface area (Å²) in [6, 6.07) is 7.50. The molecule has 2 aromatic rings. The zero-order valence-electron chi connectivity index (χ0n) is 20.5. The number of urea groups is 1. The highest BCUT2D eigenvalue weighted by Gasteiger charge is 2.43. The third kappa shape index (κ3) is 5.94. The Hall–Kier alpha value is -3.64. The fraction of sp³-hybridized carbons (Fsp3) is 0.375. The highest BCUT2D eigenvalue weighted by Crippen LogP contribution is 2.38. The summed E-state index contributed by atoms with van der Waals surface area (Å²) < 4.78 is 40.5. The Bertz CT molecular complexity index is 1260. The second kappa shape index (κ2) is 11.4. The van der Waals surface area contributed by atoms with Crippen LogP contribution in [0.2, 0.25) is 0 Å². The summed E-state index contributed by atoms with van der Waals surface area (Å²) in [5.74, 6) is -1.11. The number of amides is 4. The number of nitrogens with zero attached hydrogens (tertiary/aromatic N) is 1. The molecule has 0 aromatic heterocycles. The number of rotatable bonds is 11. The topological polar surface area (TPSA) is 140 Å². The first-order chi connectivity index (χ1) is 17.1. The van der Waals surface area contributed by atoms with Gasteiger partial charge < -0.3 is 24.8 Å². The molecule has 0 fully saturated rings. The van der Waals surface area contributed by atoms with Crippen LogP contribution in [0.4, 0.5) is 10.5 Å². The van der Waals surface area contributed by atoms with Crippen LogP contribution in [0.3, 0.4) is 0 Å². The van der Waals surface area contributed by atoms with Crippen LogP contribution in [-0.4, -0.2) is 77.1 Å². The van der Waals surface area contributed by atoms with Gasteiger partial charge in [-0.15, -0.1) is 0 Å². The van der Waals surface area contributed by atoms with Crippen molar-refractivity contribution in [3.8, 4) is 11.5 Å². The van der Waals surface area contributed by atoms with E-state index in [0.717, 1.165) is 11.2 Å². The van der Waals surface area contributed by atoms with Gasteiger partial charge in [0.15, 0.2) is 11.5 Å². The van der Waals surface area contributed by atoms with Crippen molar-refractivity contribution in [1.29, 1.82) is 0 Å². The van der Waals surface area contributed by atoms with Gasteiger partial charge >= 0.3 is 6.03 Å². The quantitative estimate of drug-likeness (QED) is 0.340. The maximum atomic E-state index is 13.6. The molecule has 12 heteroatoms. The van der Waals surface area contributed by atoms with E-state index in [1.54, 1.807) is 25.1 Å². The van der Waals surface area contributed by atoms with E-state index in [4.69, 9.17) is 14.2 Å². The average Bonchev–Trinajstić information content (AvgIpc) is 3.08. The molecule has 11 nitrogen and oxygen atoms in total. The van der Waals surface area contributed by atoms with Crippen molar-refractivity contribution in [3.63, 3.8) is 0 Å². The molecule has 1 aliphatic rings. The second-order valence-corrected chi connectivity index (χ2v) is 10.2. The third-order valence-corrected chi connectivity index (χ3v) is 6.35. The van der Waals surface area contributed by atoms with Gasteiger partial charge in [0.25, 0.3) is 11.8 Å². The van der Waals surface area contributed by atoms with Crippen LogP contribution >= 0.6 is 0 Å². The molecule has 1 atom stereocenters. The molecule has 0 saturated heterocycles. The van der Waals surface area contributed by atoms with Gasteiger partial charge in [0.1, 0.15) is 9.84 Å². The number of anilines is 1. The van der Waals surface area contributed by atoms with E-state index in [0.29, 0.717) is 30.3 Å². The summed E-state index contributed by atoms with van der Waals surface area (Å²) in [4.78, 5) is 40.1. The average molecular weight is 520 g/mol. The highest BCUT2D eigenvalue weighted by molar-refractivity contribution is 7.90. The zero-order chi connectivity index (χ0) is 26.5. The summed E-state index contributed by atoms with van der Waals surface area (Å²) in [6.45, 7) is 2.64. The number of imide groups is 1. The number of ether oxygens (including phenoxy) is 3. The number of benzene rings is 2. The van der Waals surface area contributed by atoms with Gasteiger partial charge in [-0.25, -0.2) is 13.2 Å². The first-order valence-electron chi connectivity index (χ1n) is 11.1. The van der Waals surface area contributed by atoms with Gasteiger partial charge in [-0.1, -0.05) is 12.1 Å². The smallest absolute Gasteiger partial charge is 0.319 e. The third-order valence-electron chi connectivity index (χ3n) is 5.43. The van der Waals surface area contributed by atoms with Crippen molar-refractivity contribution in [2.24, 2.45) is 0 Å². The number of fused-ring (bicyclic) bond motifs is 1. The van der Waals surface area contributed by atoms with Crippen molar-refractivity contribution in [1.82, 2.24) is 10.2 Å². The molecular formula is C24H29N3O8S. The molecule has 0 spiro atoms. The number of nitrogens with one attached hydrogen (secondary N) is 2. The lowest BCUT2D eigenvalue weighted by molar-refractivity contribution is 0.0597. The van der Waals surface area contributed by atoms with Gasteiger partial charge in [0, 0.05) is 19.9 Å². The standard InChI is InChI=1S/C24H29N3O8S/c1-5-35-20-13-15(9-10-19(20)34-3)18(14-36(4,31)32)27-22(28)16-7-6-8-17(21(16)23(27)29)26-24(30)25-11-12-33-2/h6-10,13,18H,5,11-12,14H2,1-4H3,(H2,25,26,30). The van der Waals surface area contributed by atoms with Gasteiger partial charge in [-0.2, -0.15) is 0 Å². The summed E-state index contributed by atoms with van der Waals surface area (Å²) in [7, 11) is -0.672. The first kappa shape index (κ1) is 27.0. The Morgan fingerprint density at radius 1 is 1.08 bits per heavy atom. The number of carbonyl (C=O) groups excluding carboxylic acids is 3. The maximum Gasteiger partial charge on any atom is 0.319 e. The molecule has 194 valence electrons. The van der Waals surface area contributed by atoms with Crippen LogP contribution in [0.15, 0.2) is 36.4 Å². The van der Waals surface area contributed by atoms with Crippen LogP contribution in [0, 0.1) is 0 Å². The Morgan fingerprint density at radius 3 is 2.47 bits per heavy atom. The van der Waals surface area contributed by atoms with Gasteiger partial charge in [-0.05, 0) is 36.8 Å². The van der Waals surface area contributed by atoms with Crippen LogP contribution in [-0.2, 0) is 14.6 Å². The van der Waals surface area contributed by atoms with Crippen LogP contribution < -0.4 is 20.1 Å². The SMILES string of the molecule is CCOc1cc(C(CS(C)(=O)=O)N2C(=O)c3cccc(NC(=O)NCCOC)c3C2=O)ccc1OC. The Kier molecular flexibility index (Phi) is 8.53. The lowest BCUT2D eigenvalue weighted by Crippen LogP contribution is -2.38. The lowest BCUT2D eigenvalue weighted by Gasteiger charge is -2.27. The van der Waals surface area contributed by atoms with Crippen LogP contribution in [0.25, 0.3) is 0 Å². The summed E-state index contributed by atoms with van der Waals surface area (Å²) in [6.07, 6.45) is 1.03. The molecule has 36 heavy (non-hydrogen) atoms. The predicted molar refractivity (Wildman–Crippen MR) is 132 cm³/mol. The minimum absolute atomic E-state index is 0.0126. The minimum atomic E-state index is -3.64. The Morgan fingerprint density at radius 2 is 1.83 bits per heavy atom. The number of hydrogen-bond acceptors (Lipinski definition) is 8. The molecule has 2 N–H and O–H groups in total. The number of methoxy groups -OCH3 is 2. The molecule has 0 aliphatic carbocycles. The molecule has 0 saturated carbocycles. The molecule has 4 amide bonds. The van der Waals surface area contributed by atoms with Crippen molar-refractivity contribution in [3.05, 3.63) is 53.1 Å². The monoisotopic (exact) mass is 519 g/mol. The van der Waals surface area contributed by atoms with Gasteiger partial charge in [0.2, 0.25) is 0 Å². The molecular weight excluding hydrogens is 490 g/mol. The predicted octanol–water partition coefficient (Wildman–Crippen LogP) is 2.24. The number of sulfone groups is 1. The summed E-state index contributed by atoms with van der Waals surface area (Å²) >= 11 is 0. The van der Waals surface area contributed by atoms with Gasteiger partial charge in [0.05, 0.1) is 48.9 Å². The van der Waals surface area contributed by atoms with Crippen LogP contribution in [0.5, 0.6) is 11.5 Å². The first-order valence-corrected chi connectivity index (χ1v) is 13.2. The Balaban J connectivity index is 2.02. The zero-order valence-corrected chi connectivity index (χ0v) is 21.3. The van der Waals surface area contributed by atoms with E-state index in [9.17, 15) is 22.8 Å². The minimum Gasteiger partial charge on any atom is -0.493 e. The van der Waals surface area contributed by atoms with E-state index in [-0.39, 0.29) is 23.4 Å².